The molecular formula is C23H24N2O3S. The van der Waals surface area contributed by atoms with E-state index in [2.05, 4.69) is 17.1 Å². The van der Waals surface area contributed by atoms with Crippen molar-refractivity contribution in [2.75, 3.05) is 4.90 Å². The van der Waals surface area contributed by atoms with Gasteiger partial charge in [0.1, 0.15) is 12.4 Å². The minimum absolute atomic E-state index is 0.0485. The number of Topliss-reactive ketones (excluding diaryl/α,β-unsaturated/α-hetero) is 1. The average molecular weight is 409 g/mol. The first-order valence-corrected chi connectivity index (χ1v) is 10.2. The number of hydrogen-bond acceptors (Lipinski definition) is 5. The molecule has 1 heterocycles. The Morgan fingerprint density at radius 2 is 1.72 bits per heavy atom. The van der Waals surface area contributed by atoms with Crippen LogP contribution in [0.5, 0.6) is 5.75 Å². The summed E-state index contributed by atoms with van der Waals surface area (Å²) in [6.45, 7) is 9.32. The monoisotopic (exact) mass is 408 g/mol. The van der Waals surface area contributed by atoms with Crippen LogP contribution < -0.4 is 9.64 Å². The maximum Gasteiger partial charge on any atom is 0.230 e. The number of hydrogen-bond donors (Lipinski definition) is 0. The Hall–Kier alpha value is -2.99. The van der Waals surface area contributed by atoms with Gasteiger partial charge < -0.3 is 4.74 Å². The number of carbonyl (C=O) groups is 2. The first-order valence-electron chi connectivity index (χ1n) is 9.33. The number of para-hydroxylation sites is 1. The second-order valence-electron chi connectivity index (χ2n) is 7.06. The third-order valence-electron chi connectivity index (χ3n) is 4.55. The molecule has 0 radical (unpaired) electrons. The number of carbonyl (C=O) groups excluding carboxylic acids is 2. The Kier molecular flexibility index (Phi) is 6.13. The second kappa shape index (κ2) is 8.57. The fourth-order valence-corrected chi connectivity index (χ4v) is 4.27. The van der Waals surface area contributed by atoms with Crippen LogP contribution in [0.4, 0.5) is 10.8 Å². The number of aryl methyl sites for hydroxylation is 3. The van der Waals surface area contributed by atoms with Crippen LogP contribution >= 0.6 is 11.3 Å². The molecule has 0 saturated heterocycles. The standard InChI is InChI=1S/C23H24N2O3S/c1-14-10-15(2)22(16(3)11-14)25(18(5)27)23-24-19(13-29-23)12-28-21-9-7-6-8-20(21)17(4)26/h6-11,13H,12H2,1-5H3. The predicted octanol–water partition coefficient (Wildman–Crippen LogP) is 5.53. The van der Waals surface area contributed by atoms with Gasteiger partial charge in [-0.05, 0) is 51.0 Å². The molecule has 0 aliphatic heterocycles. The number of benzene rings is 2. The number of ketones is 1. The SMILES string of the molecule is CC(=O)c1ccccc1OCc1csc(N(C(C)=O)c2c(C)cc(C)cc2C)n1. The first-order chi connectivity index (χ1) is 13.8. The smallest absolute Gasteiger partial charge is 0.230 e. The van der Waals surface area contributed by atoms with Crippen molar-refractivity contribution >= 4 is 33.8 Å². The molecule has 29 heavy (non-hydrogen) atoms. The third kappa shape index (κ3) is 4.54. The molecule has 0 unspecified atom stereocenters. The molecule has 2 aromatic carbocycles. The zero-order chi connectivity index (χ0) is 21.1. The van der Waals surface area contributed by atoms with Crippen molar-refractivity contribution in [3.63, 3.8) is 0 Å². The van der Waals surface area contributed by atoms with Crippen LogP contribution in [0, 0.1) is 20.8 Å². The number of nitrogens with zero attached hydrogens (tertiary/aromatic N) is 2. The van der Waals surface area contributed by atoms with E-state index < -0.39 is 0 Å². The second-order valence-corrected chi connectivity index (χ2v) is 7.90. The summed E-state index contributed by atoms with van der Waals surface area (Å²) in [6.07, 6.45) is 0. The van der Waals surface area contributed by atoms with Crippen molar-refractivity contribution in [1.29, 1.82) is 0 Å². The molecule has 6 heteroatoms. The fourth-order valence-electron chi connectivity index (χ4n) is 3.41. The molecule has 3 rings (SSSR count). The van der Waals surface area contributed by atoms with Gasteiger partial charge in [0.2, 0.25) is 5.91 Å². The van der Waals surface area contributed by atoms with Crippen LogP contribution in [0.2, 0.25) is 0 Å². The van der Waals surface area contributed by atoms with Gasteiger partial charge in [0, 0.05) is 12.3 Å². The summed E-state index contributed by atoms with van der Waals surface area (Å²) >= 11 is 1.40. The van der Waals surface area contributed by atoms with Gasteiger partial charge in [0.25, 0.3) is 0 Å². The van der Waals surface area contributed by atoms with Crippen LogP contribution in [-0.2, 0) is 11.4 Å². The number of aromatic nitrogens is 1. The van der Waals surface area contributed by atoms with Gasteiger partial charge in [-0.1, -0.05) is 29.8 Å². The number of ether oxygens (including phenoxy) is 1. The highest BCUT2D eigenvalue weighted by atomic mass is 32.1. The van der Waals surface area contributed by atoms with E-state index in [1.807, 2.05) is 38.3 Å². The summed E-state index contributed by atoms with van der Waals surface area (Å²) < 4.78 is 5.83. The highest BCUT2D eigenvalue weighted by Crippen LogP contribution is 2.34. The Morgan fingerprint density at radius 3 is 2.34 bits per heavy atom. The molecule has 150 valence electrons. The normalized spacial score (nSPS) is 10.7. The topological polar surface area (TPSA) is 59.5 Å². The zero-order valence-corrected chi connectivity index (χ0v) is 18.1. The largest absolute Gasteiger partial charge is 0.487 e. The Morgan fingerprint density at radius 1 is 1.07 bits per heavy atom. The fraction of sp³-hybridized carbons (Fsp3) is 0.261. The molecule has 5 nitrogen and oxygen atoms in total. The van der Waals surface area contributed by atoms with E-state index in [0.717, 1.165) is 22.4 Å². The minimum atomic E-state index is -0.0937. The van der Waals surface area contributed by atoms with Crippen molar-refractivity contribution in [2.24, 2.45) is 0 Å². The predicted molar refractivity (Wildman–Crippen MR) is 116 cm³/mol. The highest BCUT2D eigenvalue weighted by molar-refractivity contribution is 7.14. The minimum Gasteiger partial charge on any atom is -0.487 e. The van der Waals surface area contributed by atoms with E-state index in [1.165, 1.54) is 18.3 Å². The van der Waals surface area contributed by atoms with E-state index >= 15 is 0 Å². The van der Waals surface area contributed by atoms with Gasteiger partial charge in [-0.2, -0.15) is 0 Å². The molecular weight excluding hydrogens is 384 g/mol. The molecule has 1 amide bonds. The van der Waals surface area contributed by atoms with E-state index in [9.17, 15) is 9.59 Å². The van der Waals surface area contributed by atoms with Crippen LogP contribution in [0.1, 0.15) is 46.6 Å². The zero-order valence-electron chi connectivity index (χ0n) is 17.3. The van der Waals surface area contributed by atoms with Gasteiger partial charge in [-0.15, -0.1) is 11.3 Å². The van der Waals surface area contributed by atoms with Gasteiger partial charge in [-0.3, -0.25) is 14.5 Å². The van der Waals surface area contributed by atoms with E-state index in [4.69, 9.17) is 4.74 Å². The summed E-state index contributed by atoms with van der Waals surface area (Å²) in [7, 11) is 0. The quantitative estimate of drug-likeness (QED) is 0.503. The summed E-state index contributed by atoms with van der Waals surface area (Å²) in [5.41, 5.74) is 5.33. The Balaban J connectivity index is 1.86. The number of anilines is 2. The van der Waals surface area contributed by atoms with Gasteiger partial charge in [-0.25, -0.2) is 4.98 Å². The Labute approximate surface area is 175 Å². The summed E-state index contributed by atoms with van der Waals surface area (Å²) in [6, 6.07) is 11.3. The van der Waals surface area contributed by atoms with E-state index in [-0.39, 0.29) is 18.3 Å². The van der Waals surface area contributed by atoms with Crippen LogP contribution in [0.25, 0.3) is 0 Å². The van der Waals surface area contributed by atoms with E-state index in [1.54, 1.807) is 24.0 Å². The summed E-state index contributed by atoms with van der Waals surface area (Å²) in [4.78, 5) is 30.5. The Bertz CT molecular complexity index is 1050. The maximum absolute atomic E-state index is 12.5. The lowest BCUT2D eigenvalue weighted by molar-refractivity contribution is -0.115. The first kappa shape index (κ1) is 20.7. The van der Waals surface area contributed by atoms with Crippen molar-refractivity contribution in [3.8, 4) is 5.75 Å². The molecule has 0 spiro atoms. The molecule has 0 saturated carbocycles. The van der Waals surface area contributed by atoms with Crippen molar-refractivity contribution < 1.29 is 14.3 Å². The molecule has 0 bridgehead atoms. The maximum atomic E-state index is 12.5. The number of amides is 1. The van der Waals surface area contributed by atoms with Crippen LogP contribution in [0.3, 0.4) is 0 Å². The molecule has 0 N–H and O–H groups in total. The lowest BCUT2D eigenvalue weighted by Gasteiger charge is -2.23. The highest BCUT2D eigenvalue weighted by Gasteiger charge is 2.22. The van der Waals surface area contributed by atoms with Gasteiger partial charge in [0.15, 0.2) is 10.9 Å². The molecule has 1 aromatic heterocycles. The molecule has 0 fully saturated rings. The summed E-state index contributed by atoms with van der Waals surface area (Å²) in [5, 5.41) is 2.48. The van der Waals surface area contributed by atoms with Crippen molar-refractivity contribution in [1.82, 2.24) is 4.98 Å². The van der Waals surface area contributed by atoms with Gasteiger partial charge in [0.05, 0.1) is 16.9 Å². The van der Waals surface area contributed by atoms with Crippen molar-refractivity contribution in [2.45, 2.75) is 41.2 Å². The van der Waals surface area contributed by atoms with Gasteiger partial charge >= 0.3 is 0 Å². The molecule has 0 aliphatic carbocycles. The third-order valence-corrected chi connectivity index (χ3v) is 5.42. The van der Waals surface area contributed by atoms with Crippen molar-refractivity contribution in [3.05, 3.63) is 69.7 Å². The summed E-state index contributed by atoms with van der Waals surface area (Å²) in [5.74, 6) is 0.389. The van der Waals surface area contributed by atoms with Crippen LogP contribution in [0.15, 0.2) is 41.8 Å². The lowest BCUT2D eigenvalue weighted by Crippen LogP contribution is -2.24. The van der Waals surface area contributed by atoms with Crippen LogP contribution in [-0.4, -0.2) is 16.7 Å². The molecule has 0 atom stereocenters. The van der Waals surface area contributed by atoms with E-state index in [0.29, 0.717) is 22.1 Å². The average Bonchev–Trinajstić information content (AvgIpc) is 3.11. The molecule has 0 aliphatic rings. The number of rotatable bonds is 6. The molecule has 3 aromatic rings. The number of thiazole rings is 1. The lowest BCUT2D eigenvalue weighted by atomic mass is 10.0.